The van der Waals surface area contributed by atoms with E-state index >= 15 is 0 Å². The van der Waals surface area contributed by atoms with Crippen LogP contribution >= 0.6 is 46.4 Å². The number of anilines is 1. The zero-order valence-electron chi connectivity index (χ0n) is 16.2. The van der Waals surface area contributed by atoms with E-state index in [-0.39, 0.29) is 17.2 Å². The van der Waals surface area contributed by atoms with Gasteiger partial charge in [-0.3, -0.25) is 0 Å². The lowest BCUT2D eigenvalue weighted by molar-refractivity contribution is 0.0697. The van der Waals surface area contributed by atoms with E-state index in [1.54, 1.807) is 36.4 Å². The lowest BCUT2D eigenvalue weighted by atomic mass is 10.1. The minimum atomic E-state index is -1.10. The van der Waals surface area contributed by atoms with Crippen molar-refractivity contribution in [1.29, 1.82) is 0 Å². The number of methoxy groups -OCH3 is 1. The van der Waals surface area contributed by atoms with E-state index < -0.39 is 5.97 Å². The van der Waals surface area contributed by atoms with Crippen molar-refractivity contribution in [1.82, 2.24) is 0 Å². The maximum atomic E-state index is 11.2. The second-order valence-electron chi connectivity index (χ2n) is 6.47. The van der Waals surface area contributed by atoms with Gasteiger partial charge in [0, 0.05) is 38.9 Å². The van der Waals surface area contributed by atoms with E-state index in [0.29, 0.717) is 38.8 Å². The number of halogens is 4. The number of carbonyl (C=O) groups is 1. The molecule has 0 amide bonds. The third-order valence-electron chi connectivity index (χ3n) is 4.41. The van der Waals surface area contributed by atoms with Crippen LogP contribution in [0.1, 0.15) is 21.5 Å². The molecule has 0 aliphatic heterocycles. The highest BCUT2D eigenvalue weighted by atomic mass is 35.5. The van der Waals surface area contributed by atoms with Gasteiger partial charge in [-0.15, -0.1) is 0 Å². The average molecular weight is 501 g/mol. The third kappa shape index (κ3) is 5.89. The maximum Gasteiger partial charge on any atom is 0.337 e. The van der Waals surface area contributed by atoms with Gasteiger partial charge >= 0.3 is 5.97 Å². The molecule has 3 rings (SSSR count). The molecule has 0 aromatic heterocycles. The van der Waals surface area contributed by atoms with E-state index in [0.717, 1.165) is 11.1 Å². The van der Waals surface area contributed by atoms with Gasteiger partial charge in [0.15, 0.2) is 11.5 Å². The van der Waals surface area contributed by atoms with Crippen LogP contribution in [0.25, 0.3) is 0 Å². The molecule has 0 atom stereocenters. The van der Waals surface area contributed by atoms with E-state index in [1.807, 2.05) is 0 Å². The van der Waals surface area contributed by atoms with Crippen molar-refractivity contribution in [2.45, 2.75) is 13.2 Å². The summed E-state index contributed by atoms with van der Waals surface area (Å²) in [5.74, 6) is -0.147. The summed E-state index contributed by atoms with van der Waals surface area (Å²) in [5, 5.41) is 14.0. The van der Waals surface area contributed by atoms with Gasteiger partial charge in [-0.1, -0.05) is 52.5 Å². The summed E-state index contributed by atoms with van der Waals surface area (Å²) in [4.78, 5) is 11.2. The van der Waals surface area contributed by atoms with Crippen molar-refractivity contribution in [3.05, 3.63) is 85.3 Å². The number of hydrogen-bond acceptors (Lipinski definition) is 4. The molecule has 3 aromatic carbocycles. The Morgan fingerprint density at radius 2 is 1.65 bits per heavy atom. The number of aromatic carboxylic acids is 1. The molecule has 0 heterocycles. The molecule has 0 saturated carbocycles. The molecule has 0 radical (unpaired) electrons. The molecular formula is C22H17Cl4NO4. The summed E-state index contributed by atoms with van der Waals surface area (Å²) in [5.41, 5.74) is 2.11. The summed E-state index contributed by atoms with van der Waals surface area (Å²) in [6.45, 7) is 0.544. The van der Waals surface area contributed by atoms with Crippen LogP contribution in [0.15, 0.2) is 48.5 Å². The largest absolute Gasteiger partial charge is 0.493 e. The zero-order chi connectivity index (χ0) is 22.5. The van der Waals surface area contributed by atoms with Crippen LogP contribution in [0.5, 0.6) is 11.5 Å². The Balaban J connectivity index is 1.74. The van der Waals surface area contributed by atoms with Crippen LogP contribution in [0.2, 0.25) is 20.1 Å². The van der Waals surface area contributed by atoms with Gasteiger partial charge in [-0.25, -0.2) is 4.79 Å². The molecule has 0 fully saturated rings. The molecule has 0 aliphatic carbocycles. The summed E-state index contributed by atoms with van der Waals surface area (Å²) < 4.78 is 11.3. The average Bonchev–Trinajstić information content (AvgIpc) is 2.73. The fourth-order valence-electron chi connectivity index (χ4n) is 2.78. The first-order chi connectivity index (χ1) is 14.8. The minimum absolute atomic E-state index is 0.0138. The molecule has 0 bridgehead atoms. The fourth-order valence-corrected chi connectivity index (χ4v) is 3.66. The molecule has 0 saturated heterocycles. The van der Waals surface area contributed by atoms with E-state index in [9.17, 15) is 9.90 Å². The van der Waals surface area contributed by atoms with Crippen LogP contribution in [0.3, 0.4) is 0 Å². The normalized spacial score (nSPS) is 10.6. The van der Waals surface area contributed by atoms with E-state index in [2.05, 4.69) is 5.32 Å². The van der Waals surface area contributed by atoms with Crippen molar-refractivity contribution in [2.75, 3.05) is 12.4 Å². The molecule has 3 aromatic rings. The Bertz CT molecular complexity index is 1120. The Hall–Kier alpha value is -2.31. The number of ether oxygens (including phenoxy) is 2. The predicted molar refractivity (Wildman–Crippen MR) is 125 cm³/mol. The Morgan fingerprint density at radius 1 is 0.903 bits per heavy atom. The summed E-state index contributed by atoms with van der Waals surface area (Å²) in [6.07, 6.45) is 0. The maximum absolute atomic E-state index is 11.2. The molecule has 9 heteroatoms. The highest BCUT2D eigenvalue weighted by molar-refractivity contribution is 6.35. The first kappa shape index (κ1) is 23.4. The van der Waals surface area contributed by atoms with Crippen molar-refractivity contribution < 1.29 is 19.4 Å². The van der Waals surface area contributed by atoms with Gasteiger partial charge in [0.1, 0.15) is 6.61 Å². The molecule has 2 N–H and O–H groups in total. The van der Waals surface area contributed by atoms with Crippen LogP contribution in [0.4, 0.5) is 5.69 Å². The van der Waals surface area contributed by atoms with Crippen molar-refractivity contribution in [3.8, 4) is 11.5 Å². The third-order valence-corrected chi connectivity index (χ3v) is 5.68. The second kappa shape index (κ2) is 10.3. The monoisotopic (exact) mass is 499 g/mol. The molecule has 0 unspecified atom stereocenters. The van der Waals surface area contributed by atoms with Gasteiger partial charge in [-0.05, 0) is 42.0 Å². The van der Waals surface area contributed by atoms with Gasteiger partial charge in [0.2, 0.25) is 0 Å². The lowest BCUT2D eigenvalue weighted by Gasteiger charge is -2.15. The van der Waals surface area contributed by atoms with E-state index in [1.165, 1.54) is 19.2 Å². The number of rotatable bonds is 8. The van der Waals surface area contributed by atoms with Gasteiger partial charge in [0.05, 0.1) is 17.7 Å². The molecule has 0 aliphatic rings. The molecule has 0 spiro atoms. The van der Waals surface area contributed by atoms with Gasteiger partial charge in [-0.2, -0.15) is 0 Å². The van der Waals surface area contributed by atoms with Gasteiger partial charge < -0.3 is 19.9 Å². The lowest BCUT2D eigenvalue weighted by Crippen LogP contribution is -2.04. The van der Waals surface area contributed by atoms with Gasteiger partial charge in [0.25, 0.3) is 0 Å². The topological polar surface area (TPSA) is 67.8 Å². The first-order valence-electron chi connectivity index (χ1n) is 8.98. The molecular weight excluding hydrogens is 484 g/mol. The number of carboxylic acid groups (broad SMARTS) is 1. The molecule has 5 nitrogen and oxygen atoms in total. The Morgan fingerprint density at radius 3 is 2.32 bits per heavy atom. The number of hydrogen-bond donors (Lipinski definition) is 2. The standard InChI is InChI=1S/C22H17Cl4NO4/c1-30-20-6-13(10-27-15-4-5-17(24)16(8-15)22(28)29)19(26)9-21(20)31-11-12-2-3-14(23)7-18(12)25/h2-9,27H,10-11H2,1H3,(H,28,29). The summed E-state index contributed by atoms with van der Waals surface area (Å²) in [6, 6.07) is 13.2. The van der Waals surface area contributed by atoms with Crippen LogP contribution < -0.4 is 14.8 Å². The van der Waals surface area contributed by atoms with Crippen LogP contribution in [-0.4, -0.2) is 18.2 Å². The minimum Gasteiger partial charge on any atom is -0.493 e. The highest BCUT2D eigenvalue weighted by Gasteiger charge is 2.13. The van der Waals surface area contributed by atoms with Crippen molar-refractivity contribution in [3.63, 3.8) is 0 Å². The Labute approximate surface area is 199 Å². The van der Waals surface area contributed by atoms with Crippen molar-refractivity contribution >= 4 is 58.1 Å². The first-order valence-corrected chi connectivity index (χ1v) is 10.5. The van der Waals surface area contributed by atoms with Crippen LogP contribution in [0, 0.1) is 0 Å². The fraction of sp³-hybridized carbons (Fsp3) is 0.136. The smallest absolute Gasteiger partial charge is 0.337 e. The number of carboxylic acids is 1. The van der Waals surface area contributed by atoms with E-state index in [4.69, 9.17) is 55.9 Å². The molecule has 31 heavy (non-hydrogen) atoms. The highest BCUT2D eigenvalue weighted by Crippen LogP contribution is 2.35. The Kier molecular flexibility index (Phi) is 7.79. The second-order valence-corrected chi connectivity index (χ2v) is 8.13. The van der Waals surface area contributed by atoms with Crippen molar-refractivity contribution in [2.24, 2.45) is 0 Å². The quantitative estimate of drug-likeness (QED) is 0.342. The SMILES string of the molecule is COc1cc(CNc2ccc(Cl)c(C(=O)O)c2)c(Cl)cc1OCc1ccc(Cl)cc1Cl. The van der Waals surface area contributed by atoms with Crippen LogP contribution in [-0.2, 0) is 13.2 Å². The zero-order valence-corrected chi connectivity index (χ0v) is 19.2. The number of nitrogens with one attached hydrogen (secondary N) is 1. The predicted octanol–water partition coefficient (Wildman–Crippen LogP) is 7.20. The summed E-state index contributed by atoms with van der Waals surface area (Å²) in [7, 11) is 1.53. The number of benzene rings is 3. The molecule has 162 valence electrons. The summed E-state index contributed by atoms with van der Waals surface area (Å²) >= 11 is 24.5.